The fraction of sp³-hybridized carbons (Fsp3) is 0.643. The third kappa shape index (κ3) is 2.68. The molecule has 4 nitrogen and oxygen atoms in total. The summed E-state index contributed by atoms with van der Waals surface area (Å²) in [4.78, 5) is 16.7. The molecule has 0 spiro atoms. The standard InChI is InChI=1S/C14H20N2O2S/c1-9-6-16(7-10(2)15-9)14(17)13-5-11-8-18-4-3-12(11)19-13/h5,9-10,15H,3-4,6-8H2,1-2H3/t9-,10+. The van der Waals surface area contributed by atoms with Crippen molar-refractivity contribution in [3.05, 3.63) is 21.4 Å². The lowest BCUT2D eigenvalue weighted by atomic mass is 10.1. The lowest BCUT2D eigenvalue weighted by molar-refractivity contribution is 0.0678. The van der Waals surface area contributed by atoms with Crippen molar-refractivity contribution in [2.45, 2.75) is 39.0 Å². The number of amides is 1. The minimum Gasteiger partial charge on any atom is -0.376 e. The van der Waals surface area contributed by atoms with Crippen molar-refractivity contribution in [3.63, 3.8) is 0 Å². The highest BCUT2D eigenvalue weighted by Gasteiger charge is 2.27. The zero-order valence-electron chi connectivity index (χ0n) is 11.4. The van der Waals surface area contributed by atoms with Gasteiger partial charge in [-0.2, -0.15) is 0 Å². The average molecular weight is 280 g/mol. The van der Waals surface area contributed by atoms with E-state index >= 15 is 0 Å². The van der Waals surface area contributed by atoms with Gasteiger partial charge in [-0.15, -0.1) is 11.3 Å². The van der Waals surface area contributed by atoms with Crippen LogP contribution in [-0.2, 0) is 17.8 Å². The van der Waals surface area contributed by atoms with Crippen molar-refractivity contribution >= 4 is 17.2 Å². The van der Waals surface area contributed by atoms with Gasteiger partial charge in [0, 0.05) is 36.5 Å². The summed E-state index contributed by atoms with van der Waals surface area (Å²) in [7, 11) is 0. The molecule has 0 radical (unpaired) electrons. The van der Waals surface area contributed by atoms with E-state index in [1.54, 1.807) is 11.3 Å². The van der Waals surface area contributed by atoms with Gasteiger partial charge in [0.1, 0.15) is 0 Å². The molecule has 3 rings (SSSR count). The second-order valence-corrected chi connectivity index (χ2v) is 6.68. The smallest absolute Gasteiger partial charge is 0.264 e. The molecule has 2 atom stereocenters. The fourth-order valence-electron chi connectivity index (χ4n) is 2.90. The first-order chi connectivity index (χ1) is 9.13. The first kappa shape index (κ1) is 13.1. The number of ether oxygens (including phenoxy) is 1. The fourth-order valence-corrected chi connectivity index (χ4v) is 4.02. The third-order valence-electron chi connectivity index (χ3n) is 3.68. The van der Waals surface area contributed by atoms with Gasteiger partial charge in [-0.1, -0.05) is 0 Å². The Hall–Kier alpha value is -0.910. The maximum Gasteiger partial charge on any atom is 0.264 e. The predicted molar refractivity (Wildman–Crippen MR) is 75.6 cm³/mol. The molecular formula is C14H20N2O2S. The van der Waals surface area contributed by atoms with Crippen LogP contribution >= 0.6 is 11.3 Å². The zero-order valence-corrected chi connectivity index (χ0v) is 12.3. The average Bonchev–Trinajstić information content (AvgIpc) is 2.80. The van der Waals surface area contributed by atoms with E-state index < -0.39 is 0 Å². The molecule has 1 fully saturated rings. The van der Waals surface area contributed by atoms with Gasteiger partial charge in [0.05, 0.1) is 18.1 Å². The molecule has 1 amide bonds. The van der Waals surface area contributed by atoms with Crippen LogP contribution in [0.5, 0.6) is 0 Å². The number of piperazine rings is 1. The Bertz CT molecular complexity index is 452. The first-order valence-corrected chi connectivity index (χ1v) is 7.70. The SMILES string of the molecule is C[C@@H]1CN(C(=O)c2cc3c(s2)CCOC3)C[C@H](C)N1. The topological polar surface area (TPSA) is 41.6 Å². The Morgan fingerprint density at radius 2 is 2.16 bits per heavy atom. The molecule has 1 aromatic heterocycles. The minimum absolute atomic E-state index is 0.180. The van der Waals surface area contributed by atoms with Crippen molar-refractivity contribution in [1.82, 2.24) is 10.2 Å². The zero-order chi connectivity index (χ0) is 13.4. The molecule has 19 heavy (non-hydrogen) atoms. The summed E-state index contributed by atoms with van der Waals surface area (Å²) in [5, 5.41) is 3.45. The Labute approximate surface area is 117 Å². The van der Waals surface area contributed by atoms with Crippen LogP contribution in [0, 0.1) is 0 Å². The Kier molecular flexibility index (Phi) is 3.60. The number of nitrogens with zero attached hydrogens (tertiary/aromatic N) is 1. The van der Waals surface area contributed by atoms with Crippen molar-refractivity contribution in [1.29, 1.82) is 0 Å². The number of nitrogens with one attached hydrogen (secondary N) is 1. The normalized spacial score (nSPS) is 27.2. The second-order valence-electron chi connectivity index (χ2n) is 5.54. The van der Waals surface area contributed by atoms with Crippen LogP contribution in [0.1, 0.15) is 34.0 Å². The summed E-state index contributed by atoms with van der Waals surface area (Å²) in [6, 6.07) is 2.76. The molecule has 1 N–H and O–H groups in total. The number of hydrogen-bond acceptors (Lipinski definition) is 4. The molecule has 0 unspecified atom stereocenters. The monoisotopic (exact) mass is 280 g/mol. The largest absolute Gasteiger partial charge is 0.376 e. The number of carbonyl (C=O) groups is 1. The van der Waals surface area contributed by atoms with Gasteiger partial charge in [-0.3, -0.25) is 4.79 Å². The van der Waals surface area contributed by atoms with Gasteiger partial charge in [-0.05, 0) is 25.5 Å². The summed E-state index contributed by atoms with van der Waals surface area (Å²) in [6.45, 7) is 7.28. The third-order valence-corrected chi connectivity index (χ3v) is 4.91. The van der Waals surface area contributed by atoms with Gasteiger partial charge in [0.25, 0.3) is 5.91 Å². The van der Waals surface area contributed by atoms with Crippen LogP contribution in [-0.4, -0.2) is 42.6 Å². The molecule has 0 bridgehead atoms. The maximum atomic E-state index is 12.6. The van der Waals surface area contributed by atoms with Crippen molar-refractivity contribution in [3.8, 4) is 0 Å². The van der Waals surface area contributed by atoms with Crippen molar-refractivity contribution in [2.24, 2.45) is 0 Å². The number of hydrogen-bond donors (Lipinski definition) is 1. The summed E-state index contributed by atoms with van der Waals surface area (Å²) in [5.41, 5.74) is 1.20. The van der Waals surface area contributed by atoms with E-state index in [4.69, 9.17) is 4.74 Å². The first-order valence-electron chi connectivity index (χ1n) is 6.88. The van der Waals surface area contributed by atoms with Gasteiger partial charge in [-0.25, -0.2) is 0 Å². The highest BCUT2D eigenvalue weighted by molar-refractivity contribution is 7.14. The van der Waals surface area contributed by atoms with Gasteiger partial charge < -0.3 is 15.0 Å². The Balaban J connectivity index is 1.77. The molecule has 2 aliphatic rings. The summed E-state index contributed by atoms with van der Waals surface area (Å²) >= 11 is 1.65. The molecule has 5 heteroatoms. The summed E-state index contributed by atoms with van der Waals surface area (Å²) in [5.74, 6) is 0.180. The van der Waals surface area contributed by atoms with E-state index in [0.717, 1.165) is 31.0 Å². The Morgan fingerprint density at radius 3 is 2.84 bits per heavy atom. The molecule has 104 valence electrons. The number of thiophene rings is 1. The van der Waals surface area contributed by atoms with Crippen molar-refractivity contribution < 1.29 is 9.53 Å². The van der Waals surface area contributed by atoms with Crippen LogP contribution in [0.4, 0.5) is 0 Å². The molecule has 3 heterocycles. The summed E-state index contributed by atoms with van der Waals surface area (Å²) in [6.07, 6.45) is 0.946. The lowest BCUT2D eigenvalue weighted by Gasteiger charge is -2.35. The highest BCUT2D eigenvalue weighted by atomic mass is 32.1. The van der Waals surface area contributed by atoms with Crippen LogP contribution in [0.25, 0.3) is 0 Å². The van der Waals surface area contributed by atoms with E-state index in [9.17, 15) is 4.79 Å². The van der Waals surface area contributed by atoms with E-state index in [-0.39, 0.29) is 5.91 Å². The van der Waals surface area contributed by atoms with E-state index in [0.29, 0.717) is 18.7 Å². The van der Waals surface area contributed by atoms with Crippen molar-refractivity contribution in [2.75, 3.05) is 19.7 Å². The van der Waals surface area contributed by atoms with Gasteiger partial charge in [0.2, 0.25) is 0 Å². The number of fused-ring (bicyclic) bond motifs is 1. The van der Waals surface area contributed by atoms with Crippen LogP contribution in [0.2, 0.25) is 0 Å². The molecule has 2 aliphatic heterocycles. The van der Waals surface area contributed by atoms with Gasteiger partial charge >= 0.3 is 0 Å². The highest BCUT2D eigenvalue weighted by Crippen LogP contribution is 2.28. The van der Waals surface area contributed by atoms with Crippen LogP contribution in [0.15, 0.2) is 6.07 Å². The Morgan fingerprint density at radius 1 is 1.42 bits per heavy atom. The molecule has 1 aromatic rings. The second kappa shape index (κ2) is 5.23. The van der Waals surface area contributed by atoms with E-state index in [1.807, 2.05) is 11.0 Å². The molecule has 0 aromatic carbocycles. The van der Waals surface area contributed by atoms with Gasteiger partial charge in [0.15, 0.2) is 0 Å². The van der Waals surface area contributed by atoms with E-state index in [2.05, 4.69) is 19.2 Å². The molecule has 1 saturated heterocycles. The quantitative estimate of drug-likeness (QED) is 0.850. The predicted octanol–water partition coefficient (Wildman–Crippen LogP) is 1.64. The van der Waals surface area contributed by atoms with Crippen LogP contribution in [0.3, 0.4) is 0 Å². The van der Waals surface area contributed by atoms with Crippen LogP contribution < -0.4 is 5.32 Å². The van der Waals surface area contributed by atoms with E-state index in [1.165, 1.54) is 10.4 Å². The number of rotatable bonds is 1. The molecule has 0 saturated carbocycles. The maximum absolute atomic E-state index is 12.6. The minimum atomic E-state index is 0.180. The molecule has 0 aliphatic carbocycles. The molecular weight excluding hydrogens is 260 g/mol. The summed E-state index contributed by atoms with van der Waals surface area (Å²) < 4.78 is 5.44. The lowest BCUT2D eigenvalue weighted by Crippen LogP contribution is -2.55. The number of carbonyl (C=O) groups excluding carboxylic acids is 1.